The highest BCUT2D eigenvalue weighted by molar-refractivity contribution is 6.35. The van der Waals surface area contributed by atoms with Gasteiger partial charge in [0.15, 0.2) is 6.29 Å². The molecule has 1 aliphatic rings. The molecule has 0 saturated heterocycles. The molecule has 0 radical (unpaired) electrons. The van der Waals surface area contributed by atoms with Gasteiger partial charge in [-0.3, -0.25) is 4.79 Å². The number of hydrogen-bond acceptors (Lipinski definition) is 3. The number of likely N-dealkylation sites (N-methyl/N-ethyl adjacent to an activating group) is 1. The zero-order valence-corrected chi connectivity index (χ0v) is 24.2. The molecule has 4 rings (SSSR count). The Bertz CT molecular complexity index is 1290. The molecule has 0 bridgehead atoms. The molecule has 2 aromatic carbocycles. The van der Waals surface area contributed by atoms with E-state index in [4.69, 9.17) is 34.8 Å². The minimum Gasteiger partial charge on any atom is -0.313 e. The van der Waals surface area contributed by atoms with Crippen molar-refractivity contribution in [2.75, 3.05) is 7.05 Å². The van der Waals surface area contributed by atoms with Gasteiger partial charge in [0.25, 0.3) is 0 Å². The average Bonchev–Trinajstić information content (AvgIpc) is 3.15. The van der Waals surface area contributed by atoms with Gasteiger partial charge in [-0.15, -0.1) is 0 Å². The smallest absolute Gasteiger partial charge is 0.170 e. The summed E-state index contributed by atoms with van der Waals surface area (Å²) in [4.78, 5) is 11.7. The van der Waals surface area contributed by atoms with Crippen LogP contribution in [0.2, 0.25) is 15.1 Å². The summed E-state index contributed by atoms with van der Waals surface area (Å²) in [5.74, 6) is 0.242. The highest BCUT2D eigenvalue weighted by Gasteiger charge is 2.28. The maximum Gasteiger partial charge on any atom is 0.170 e. The molecule has 7 heteroatoms. The van der Waals surface area contributed by atoms with Gasteiger partial charge in [0, 0.05) is 27.6 Å². The molecule has 0 aliphatic heterocycles. The van der Waals surface area contributed by atoms with E-state index in [0.29, 0.717) is 21.8 Å². The van der Waals surface area contributed by atoms with Gasteiger partial charge in [-0.05, 0) is 81.1 Å². The van der Waals surface area contributed by atoms with Crippen LogP contribution < -0.4 is 5.32 Å². The molecule has 1 aromatic heterocycles. The van der Waals surface area contributed by atoms with Crippen LogP contribution in [-0.2, 0) is 12.8 Å². The first-order chi connectivity index (χ1) is 18.3. The molecule has 4 nitrogen and oxygen atoms in total. The van der Waals surface area contributed by atoms with Gasteiger partial charge in [-0.2, -0.15) is 5.10 Å². The molecule has 1 heterocycles. The number of aromatic nitrogens is 2. The molecule has 1 unspecified atom stereocenters. The van der Waals surface area contributed by atoms with Crippen LogP contribution in [0.1, 0.15) is 59.4 Å². The molecule has 200 valence electrons. The lowest BCUT2D eigenvalue weighted by atomic mass is 9.91. The van der Waals surface area contributed by atoms with Crippen LogP contribution in [0.4, 0.5) is 0 Å². The fourth-order valence-corrected chi connectivity index (χ4v) is 5.33. The van der Waals surface area contributed by atoms with Crippen LogP contribution in [0, 0.1) is 0 Å². The predicted molar refractivity (Wildman–Crippen MR) is 161 cm³/mol. The zero-order chi connectivity index (χ0) is 27.7. The Morgan fingerprint density at radius 1 is 1.13 bits per heavy atom. The summed E-state index contributed by atoms with van der Waals surface area (Å²) in [5, 5.41) is 9.55. The Hall–Kier alpha value is -2.63. The van der Waals surface area contributed by atoms with Crippen LogP contribution in [0.15, 0.2) is 79.4 Å². The fourth-order valence-electron chi connectivity index (χ4n) is 4.71. The van der Waals surface area contributed by atoms with Crippen LogP contribution in [-0.4, -0.2) is 29.2 Å². The van der Waals surface area contributed by atoms with Gasteiger partial charge in [0.1, 0.15) is 5.69 Å². The van der Waals surface area contributed by atoms with E-state index in [2.05, 4.69) is 42.6 Å². The molecule has 1 aliphatic carbocycles. The van der Waals surface area contributed by atoms with Crippen molar-refractivity contribution in [3.63, 3.8) is 0 Å². The number of halogens is 3. The predicted octanol–water partition coefficient (Wildman–Crippen LogP) is 8.59. The number of carbonyl (C=O) groups is 1. The van der Waals surface area contributed by atoms with Crippen molar-refractivity contribution in [2.24, 2.45) is 0 Å². The molecular weight excluding hydrogens is 537 g/mol. The number of nitrogens with zero attached hydrogens (tertiary/aromatic N) is 2. The lowest BCUT2D eigenvalue weighted by Gasteiger charge is -2.19. The Balaban J connectivity index is 0.000000342. The summed E-state index contributed by atoms with van der Waals surface area (Å²) in [7, 11) is 1.92. The van der Waals surface area contributed by atoms with E-state index in [1.165, 1.54) is 5.56 Å². The van der Waals surface area contributed by atoms with Crippen molar-refractivity contribution in [1.29, 1.82) is 0 Å². The van der Waals surface area contributed by atoms with E-state index in [1.54, 1.807) is 18.2 Å². The summed E-state index contributed by atoms with van der Waals surface area (Å²) < 4.78 is 1.85. The molecule has 0 amide bonds. The Kier molecular flexibility index (Phi) is 11.4. The number of fused-ring (bicyclic) bond motifs is 1. The lowest BCUT2D eigenvalue weighted by molar-refractivity contribution is 0.111. The van der Waals surface area contributed by atoms with Gasteiger partial charge in [0.2, 0.25) is 0 Å². The number of benzene rings is 2. The summed E-state index contributed by atoms with van der Waals surface area (Å²) in [6.07, 6.45) is 11.3. The van der Waals surface area contributed by atoms with Crippen molar-refractivity contribution < 1.29 is 4.79 Å². The SMILES string of the molecule is C=C/C=C(\C=C)[C@H](C)NC.O=Cc1nn(-c2ccc(Cl)cc2Cl)c2c1CCCCC2Cc1ccc(Cl)cc1. The molecular formula is C31H34Cl3N3O. The highest BCUT2D eigenvalue weighted by Crippen LogP contribution is 2.37. The normalized spacial score (nSPS) is 15.9. The first-order valence-electron chi connectivity index (χ1n) is 12.7. The lowest BCUT2D eigenvalue weighted by Crippen LogP contribution is -2.22. The number of allylic oxidation sites excluding steroid dienone is 2. The standard InChI is InChI=1S/C22H19Cl3N2O.C9H15N/c23-16-7-5-14(6-8-16)11-15-3-1-2-4-18-20(13-28)26-27(22(15)18)21-10-9-17(24)12-19(21)25;1-5-7-9(6-2)8(3)10-4/h5-10,12-13,15H,1-4,11H2;5-8,10H,1-2H2,3-4H3/b;9-7+/t;8-/m.0/s1. The van der Waals surface area contributed by atoms with E-state index in [9.17, 15) is 4.79 Å². The van der Waals surface area contributed by atoms with Gasteiger partial charge in [0.05, 0.1) is 16.4 Å². The Morgan fingerprint density at radius 3 is 2.45 bits per heavy atom. The summed E-state index contributed by atoms with van der Waals surface area (Å²) in [6, 6.07) is 13.7. The van der Waals surface area contributed by atoms with E-state index >= 15 is 0 Å². The molecule has 0 fully saturated rings. The molecule has 1 N–H and O–H groups in total. The minimum absolute atomic E-state index is 0.242. The van der Waals surface area contributed by atoms with Crippen molar-refractivity contribution in [3.05, 3.63) is 117 Å². The third-order valence-electron chi connectivity index (χ3n) is 6.79. The number of carbonyl (C=O) groups excluding carboxylic acids is 1. The quantitative estimate of drug-likeness (QED) is 0.168. The number of aldehydes is 1. The second-order valence-corrected chi connectivity index (χ2v) is 10.5. The van der Waals surface area contributed by atoms with E-state index < -0.39 is 0 Å². The van der Waals surface area contributed by atoms with Crippen molar-refractivity contribution in [2.45, 2.75) is 51.0 Å². The molecule has 38 heavy (non-hydrogen) atoms. The van der Waals surface area contributed by atoms with E-state index in [1.807, 2.05) is 42.1 Å². The fraction of sp³-hybridized carbons (Fsp3) is 0.290. The third-order valence-corrected chi connectivity index (χ3v) is 7.58. The van der Waals surface area contributed by atoms with Gasteiger partial charge in [-0.25, -0.2) is 4.68 Å². The Morgan fingerprint density at radius 2 is 1.84 bits per heavy atom. The van der Waals surface area contributed by atoms with Crippen LogP contribution >= 0.6 is 34.8 Å². The zero-order valence-electron chi connectivity index (χ0n) is 21.9. The van der Waals surface area contributed by atoms with E-state index in [0.717, 1.165) is 65.9 Å². The average molecular weight is 571 g/mol. The highest BCUT2D eigenvalue weighted by atomic mass is 35.5. The number of rotatable bonds is 8. The summed E-state index contributed by atoms with van der Waals surface area (Å²) in [5.41, 5.74) is 5.75. The van der Waals surface area contributed by atoms with Crippen LogP contribution in [0.3, 0.4) is 0 Å². The van der Waals surface area contributed by atoms with Crippen LogP contribution in [0.5, 0.6) is 0 Å². The van der Waals surface area contributed by atoms with Gasteiger partial charge >= 0.3 is 0 Å². The first-order valence-corrected chi connectivity index (χ1v) is 13.8. The van der Waals surface area contributed by atoms with E-state index in [-0.39, 0.29) is 5.92 Å². The maximum atomic E-state index is 11.7. The monoisotopic (exact) mass is 569 g/mol. The summed E-state index contributed by atoms with van der Waals surface area (Å²) in [6.45, 7) is 9.39. The summed E-state index contributed by atoms with van der Waals surface area (Å²) >= 11 is 18.6. The maximum absolute atomic E-state index is 11.7. The number of nitrogens with one attached hydrogen (secondary N) is 1. The van der Waals surface area contributed by atoms with Crippen molar-refractivity contribution in [3.8, 4) is 5.69 Å². The van der Waals surface area contributed by atoms with Crippen molar-refractivity contribution in [1.82, 2.24) is 15.1 Å². The first kappa shape index (κ1) is 29.9. The Labute approximate surface area is 241 Å². The molecule has 0 spiro atoms. The molecule has 0 saturated carbocycles. The molecule has 2 atom stereocenters. The topological polar surface area (TPSA) is 46.9 Å². The number of hydrogen-bond donors (Lipinski definition) is 1. The second kappa shape index (κ2) is 14.5. The van der Waals surface area contributed by atoms with Gasteiger partial charge < -0.3 is 5.32 Å². The second-order valence-electron chi connectivity index (χ2n) is 9.26. The van der Waals surface area contributed by atoms with Crippen molar-refractivity contribution >= 4 is 41.1 Å². The minimum atomic E-state index is 0.242. The molecule has 3 aromatic rings. The largest absolute Gasteiger partial charge is 0.313 e. The third kappa shape index (κ3) is 7.48. The van der Waals surface area contributed by atoms with Gasteiger partial charge in [-0.1, -0.05) is 84.7 Å². The van der Waals surface area contributed by atoms with Crippen LogP contribution in [0.25, 0.3) is 5.69 Å².